The molecule has 4 nitrogen and oxygen atoms in total. The number of rotatable bonds is 0. The zero-order chi connectivity index (χ0) is 18.6. The van der Waals surface area contributed by atoms with Gasteiger partial charge in [-0.1, -0.05) is 42.5 Å². The molecule has 28 heavy (non-hydrogen) atoms. The number of benzene rings is 3. The smallest absolute Gasteiger partial charge is 0.294 e. The molecule has 0 spiro atoms. The predicted octanol–water partition coefficient (Wildman–Crippen LogP) is 4.51. The second-order valence-corrected chi connectivity index (χ2v) is 7.93. The number of aryl methyl sites for hydroxylation is 1. The van der Waals surface area contributed by atoms with E-state index in [2.05, 4.69) is 76.6 Å². The summed E-state index contributed by atoms with van der Waals surface area (Å²) in [4.78, 5) is 4.64. The molecule has 0 saturated carbocycles. The number of hydrogen-bond acceptors (Lipinski definition) is 2. The molecule has 1 aromatic heterocycles. The van der Waals surface area contributed by atoms with E-state index in [4.69, 9.17) is 4.74 Å². The highest BCUT2D eigenvalue weighted by Crippen LogP contribution is 2.49. The minimum Gasteiger partial charge on any atom is -0.453 e. The minimum atomic E-state index is -0.170. The van der Waals surface area contributed by atoms with Crippen LogP contribution in [0.3, 0.4) is 0 Å². The van der Waals surface area contributed by atoms with Crippen LogP contribution >= 0.6 is 0 Å². The number of para-hydroxylation sites is 1. The van der Waals surface area contributed by atoms with Gasteiger partial charge in [-0.15, -0.1) is 0 Å². The number of fused-ring (bicyclic) bond motifs is 7. The van der Waals surface area contributed by atoms with E-state index in [0.29, 0.717) is 0 Å². The summed E-state index contributed by atoms with van der Waals surface area (Å²) in [7, 11) is 2.10. The molecule has 2 atom stereocenters. The van der Waals surface area contributed by atoms with Crippen LogP contribution in [0.2, 0.25) is 0 Å². The van der Waals surface area contributed by atoms with Crippen molar-refractivity contribution in [2.24, 2.45) is 10.9 Å². The molecule has 134 valence electrons. The third kappa shape index (κ3) is 1.47. The number of aliphatic imine (C=N–C) groups is 1. The largest absolute Gasteiger partial charge is 0.453 e. The summed E-state index contributed by atoms with van der Waals surface area (Å²) in [5, 5.41) is 5.26. The number of aromatic nitrogens is 1. The molecule has 0 fully saturated rings. The Balaban J connectivity index is 1.86. The van der Waals surface area contributed by atoms with E-state index < -0.39 is 0 Å². The molecule has 3 aromatic carbocycles. The number of nitrogens with zero attached hydrogens (tertiary/aromatic N) is 3. The van der Waals surface area contributed by atoms with Crippen molar-refractivity contribution in [1.29, 1.82) is 0 Å². The van der Waals surface area contributed by atoms with Gasteiger partial charge in [0, 0.05) is 16.3 Å². The zero-order valence-corrected chi connectivity index (χ0v) is 15.7. The van der Waals surface area contributed by atoms with Crippen molar-refractivity contribution in [2.75, 3.05) is 7.05 Å². The Bertz CT molecular complexity index is 1470. The van der Waals surface area contributed by atoms with Gasteiger partial charge >= 0.3 is 0 Å². The first-order valence-corrected chi connectivity index (χ1v) is 9.69. The van der Waals surface area contributed by atoms with E-state index in [9.17, 15) is 0 Å². The Morgan fingerprint density at radius 2 is 1.75 bits per heavy atom. The molecule has 3 aliphatic rings. The van der Waals surface area contributed by atoms with Crippen molar-refractivity contribution in [2.45, 2.75) is 13.2 Å². The molecule has 0 radical (unpaired) electrons. The summed E-state index contributed by atoms with van der Waals surface area (Å²) in [5.74, 6) is 0.126. The van der Waals surface area contributed by atoms with Crippen molar-refractivity contribution < 1.29 is 9.31 Å². The molecular weight excluding hydrogens is 346 g/mol. The summed E-state index contributed by atoms with van der Waals surface area (Å²) < 4.78 is 10.6. The summed E-state index contributed by atoms with van der Waals surface area (Å²) in [5.41, 5.74) is 7.68. The first kappa shape index (κ1) is 14.6. The average Bonchev–Trinajstić information content (AvgIpc) is 3.29. The predicted molar refractivity (Wildman–Crippen MR) is 113 cm³/mol. The standard InChI is InChI=1S/C24H18N3O/c1-13-14-7-3-4-8-15(14)20-16-9-5-6-10-17(16)27-18-11-28-24-21(18)22(19(13)23(20)27)26(2)12-25-24/h3-12,21,24H,1-2H3/q+1. The van der Waals surface area contributed by atoms with Crippen LogP contribution in [0, 0.1) is 12.8 Å². The fourth-order valence-corrected chi connectivity index (χ4v) is 5.48. The SMILES string of the molecule is Cc1c2c3c(c4ccccc14)c1ccccc1n3C1=COC3N=C[N+](C)=C2C13. The van der Waals surface area contributed by atoms with Crippen molar-refractivity contribution in [1.82, 2.24) is 4.57 Å². The van der Waals surface area contributed by atoms with Gasteiger partial charge in [0.25, 0.3) is 12.6 Å². The van der Waals surface area contributed by atoms with Gasteiger partial charge < -0.3 is 9.30 Å². The summed E-state index contributed by atoms with van der Waals surface area (Å²) in [6, 6.07) is 17.5. The first-order valence-electron chi connectivity index (χ1n) is 9.69. The van der Waals surface area contributed by atoms with Gasteiger partial charge in [-0.05, 0) is 34.3 Å². The lowest BCUT2D eigenvalue weighted by Crippen LogP contribution is -2.40. The highest BCUT2D eigenvalue weighted by atomic mass is 16.5. The molecular formula is C24H18N3O+. The van der Waals surface area contributed by atoms with Gasteiger partial charge in [-0.25, -0.2) is 4.58 Å². The molecule has 0 N–H and O–H groups in total. The third-order valence-corrected chi connectivity index (χ3v) is 6.59. The van der Waals surface area contributed by atoms with E-state index in [-0.39, 0.29) is 12.1 Å². The van der Waals surface area contributed by atoms with Crippen LogP contribution in [0.15, 0.2) is 59.8 Å². The van der Waals surface area contributed by atoms with E-state index in [0.717, 1.165) is 0 Å². The number of hydrogen-bond donors (Lipinski definition) is 0. The lowest BCUT2D eigenvalue weighted by molar-refractivity contribution is -0.366. The van der Waals surface area contributed by atoms with Crippen LogP contribution in [0.4, 0.5) is 0 Å². The summed E-state index contributed by atoms with van der Waals surface area (Å²) >= 11 is 0. The fourth-order valence-electron chi connectivity index (χ4n) is 5.48. The quantitative estimate of drug-likeness (QED) is 0.422. The van der Waals surface area contributed by atoms with Crippen molar-refractivity contribution >= 4 is 50.3 Å². The van der Waals surface area contributed by atoms with Gasteiger partial charge in [0.15, 0.2) is 0 Å². The lowest BCUT2D eigenvalue weighted by atomic mass is 9.83. The molecule has 3 aliphatic heterocycles. The van der Waals surface area contributed by atoms with E-state index in [1.165, 1.54) is 55.1 Å². The zero-order valence-electron chi connectivity index (χ0n) is 15.7. The molecule has 2 unspecified atom stereocenters. The van der Waals surface area contributed by atoms with Crippen LogP contribution in [-0.2, 0) is 4.74 Å². The van der Waals surface area contributed by atoms with Crippen LogP contribution in [-0.4, -0.2) is 34.5 Å². The average molecular weight is 364 g/mol. The summed E-state index contributed by atoms with van der Waals surface area (Å²) in [6.45, 7) is 2.26. The molecule has 7 rings (SSSR count). The van der Waals surface area contributed by atoms with Crippen molar-refractivity contribution in [3.8, 4) is 0 Å². The first-order chi connectivity index (χ1) is 13.8. The highest BCUT2D eigenvalue weighted by molar-refractivity contribution is 6.31. The van der Waals surface area contributed by atoms with E-state index in [1.807, 2.05) is 12.6 Å². The van der Waals surface area contributed by atoms with Gasteiger partial charge in [-0.2, -0.15) is 0 Å². The Morgan fingerprint density at radius 1 is 1.00 bits per heavy atom. The molecule has 4 heteroatoms. The highest BCUT2D eigenvalue weighted by Gasteiger charge is 2.49. The molecule has 4 aromatic rings. The van der Waals surface area contributed by atoms with Gasteiger partial charge in [0.05, 0.1) is 23.8 Å². The maximum Gasteiger partial charge on any atom is 0.294 e. The fraction of sp³-hybridized carbons (Fsp3) is 0.167. The lowest BCUT2D eigenvalue weighted by Gasteiger charge is -2.29. The maximum absolute atomic E-state index is 6.01. The van der Waals surface area contributed by atoms with Crippen LogP contribution in [0.25, 0.3) is 38.3 Å². The van der Waals surface area contributed by atoms with Crippen molar-refractivity contribution in [3.05, 3.63) is 65.9 Å². The van der Waals surface area contributed by atoms with E-state index >= 15 is 0 Å². The molecule has 0 saturated heterocycles. The molecule has 0 aliphatic carbocycles. The maximum atomic E-state index is 6.01. The van der Waals surface area contributed by atoms with Crippen LogP contribution in [0.1, 0.15) is 11.1 Å². The number of ether oxygens (including phenoxy) is 1. The Morgan fingerprint density at radius 3 is 2.61 bits per heavy atom. The van der Waals surface area contributed by atoms with Gasteiger partial charge in [0.1, 0.15) is 17.9 Å². The van der Waals surface area contributed by atoms with E-state index in [1.54, 1.807) is 0 Å². The van der Waals surface area contributed by atoms with Gasteiger partial charge in [-0.3, -0.25) is 0 Å². The minimum absolute atomic E-state index is 0.126. The Hall–Kier alpha value is -3.40. The Labute approximate surface area is 161 Å². The second-order valence-electron chi connectivity index (χ2n) is 7.93. The summed E-state index contributed by atoms with van der Waals surface area (Å²) in [6.07, 6.45) is 3.66. The third-order valence-electron chi connectivity index (χ3n) is 6.59. The normalized spacial score (nSPS) is 22.1. The van der Waals surface area contributed by atoms with Crippen LogP contribution < -0.4 is 0 Å². The molecule has 0 bridgehead atoms. The van der Waals surface area contributed by atoms with Gasteiger partial charge in [0.2, 0.25) is 0 Å². The second kappa shape index (κ2) is 4.71. The van der Waals surface area contributed by atoms with Crippen molar-refractivity contribution in [3.63, 3.8) is 0 Å². The molecule has 4 heterocycles. The van der Waals surface area contributed by atoms with Crippen LogP contribution in [0.5, 0.6) is 0 Å². The molecule has 0 amide bonds. The monoisotopic (exact) mass is 364 g/mol. The Kier molecular flexibility index (Phi) is 2.46. The topological polar surface area (TPSA) is 29.5 Å².